The van der Waals surface area contributed by atoms with Gasteiger partial charge >= 0.3 is 0 Å². The van der Waals surface area contributed by atoms with Gasteiger partial charge in [-0.05, 0) is 54.8 Å². The Morgan fingerprint density at radius 2 is 1.77 bits per heavy atom. The maximum atomic E-state index is 12.9. The Hall–Kier alpha value is -2.26. The van der Waals surface area contributed by atoms with Crippen LogP contribution in [0.5, 0.6) is 0 Å². The number of anilines is 1. The van der Waals surface area contributed by atoms with Crippen molar-refractivity contribution in [3.8, 4) is 0 Å². The number of carbonyl (C=O) groups is 1. The number of rotatable bonds is 3. The molecule has 0 unspecified atom stereocenters. The summed E-state index contributed by atoms with van der Waals surface area (Å²) in [5, 5.41) is 4.92. The Kier molecular flexibility index (Phi) is 3.89. The summed E-state index contributed by atoms with van der Waals surface area (Å²) in [6, 6.07) is 15.8. The molecule has 0 saturated heterocycles. The van der Waals surface area contributed by atoms with Crippen molar-refractivity contribution in [1.82, 2.24) is 4.98 Å². The van der Waals surface area contributed by atoms with Gasteiger partial charge < -0.3 is 10.3 Å². The fraction of sp³-hybridized carbons (Fsp3) is 0.318. The number of hydrogen-bond donors (Lipinski definition) is 2. The van der Waals surface area contributed by atoms with Crippen molar-refractivity contribution in [3.05, 3.63) is 64.8 Å². The molecule has 1 amide bonds. The summed E-state index contributed by atoms with van der Waals surface area (Å²) in [5.41, 5.74) is 3.81. The van der Waals surface area contributed by atoms with Crippen molar-refractivity contribution in [1.29, 1.82) is 0 Å². The van der Waals surface area contributed by atoms with Crippen LogP contribution in [-0.2, 0) is 15.6 Å². The molecule has 4 rings (SSSR count). The zero-order valence-electron chi connectivity index (χ0n) is 15.3. The van der Waals surface area contributed by atoms with E-state index in [4.69, 9.17) is 11.6 Å². The van der Waals surface area contributed by atoms with Crippen molar-refractivity contribution in [2.24, 2.45) is 0 Å². The lowest BCUT2D eigenvalue weighted by atomic mass is 9.92. The SMILES string of the molecule is CC(C)(C)c1cc2cc(NC(=O)C3(c4ccc(Cl)cc4)CC3)ccc2[nH]1. The van der Waals surface area contributed by atoms with E-state index in [1.165, 1.54) is 5.69 Å². The van der Waals surface area contributed by atoms with Crippen LogP contribution in [0.15, 0.2) is 48.5 Å². The van der Waals surface area contributed by atoms with Crippen molar-refractivity contribution < 1.29 is 4.79 Å². The lowest BCUT2D eigenvalue weighted by Gasteiger charge is -2.16. The number of fused-ring (bicyclic) bond motifs is 1. The predicted octanol–water partition coefficient (Wildman–Crippen LogP) is 5.79. The van der Waals surface area contributed by atoms with Crippen LogP contribution in [0.2, 0.25) is 5.02 Å². The summed E-state index contributed by atoms with van der Waals surface area (Å²) in [5.74, 6) is 0.0609. The van der Waals surface area contributed by atoms with E-state index in [0.29, 0.717) is 5.02 Å². The Morgan fingerprint density at radius 1 is 1.08 bits per heavy atom. The summed E-state index contributed by atoms with van der Waals surface area (Å²) in [7, 11) is 0. The molecule has 2 N–H and O–H groups in total. The van der Waals surface area contributed by atoms with Gasteiger partial charge in [-0.25, -0.2) is 0 Å². The lowest BCUT2D eigenvalue weighted by molar-refractivity contribution is -0.118. The molecule has 1 aromatic heterocycles. The van der Waals surface area contributed by atoms with Crippen LogP contribution in [0.4, 0.5) is 5.69 Å². The minimum absolute atomic E-state index is 0.0609. The second kappa shape index (κ2) is 5.88. The van der Waals surface area contributed by atoms with Gasteiger partial charge in [0.05, 0.1) is 5.41 Å². The zero-order chi connectivity index (χ0) is 18.5. The second-order valence-electron chi connectivity index (χ2n) is 8.28. The average molecular weight is 367 g/mol. The molecule has 1 aliphatic rings. The lowest BCUT2D eigenvalue weighted by Crippen LogP contribution is -2.27. The van der Waals surface area contributed by atoms with Crippen LogP contribution in [0.3, 0.4) is 0 Å². The van der Waals surface area contributed by atoms with Gasteiger partial charge in [0.1, 0.15) is 0 Å². The fourth-order valence-corrected chi connectivity index (χ4v) is 3.53. The summed E-state index contributed by atoms with van der Waals surface area (Å²) >= 11 is 5.98. The number of aromatic nitrogens is 1. The van der Waals surface area contributed by atoms with E-state index in [1.54, 1.807) is 0 Å². The van der Waals surface area contributed by atoms with E-state index in [-0.39, 0.29) is 11.3 Å². The van der Waals surface area contributed by atoms with Gasteiger partial charge in [-0.3, -0.25) is 4.79 Å². The van der Waals surface area contributed by atoms with Gasteiger partial charge in [-0.2, -0.15) is 0 Å². The molecular weight excluding hydrogens is 344 g/mol. The van der Waals surface area contributed by atoms with Crippen LogP contribution >= 0.6 is 11.6 Å². The highest BCUT2D eigenvalue weighted by Crippen LogP contribution is 2.49. The van der Waals surface area contributed by atoms with E-state index >= 15 is 0 Å². The largest absolute Gasteiger partial charge is 0.358 e. The molecule has 134 valence electrons. The molecule has 0 bridgehead atoms. The molecule has 4 heteroatoms. The highest BCUT2D eigenvalue weighted by molar-refractivity contribution is 6.30. The number of halogens is 1. The fourth-order valence-electron chi connectivity index (χ4n) is 3.41. The molecule has 0 atom stereocenters. The summed E-state index contributed by atoms with van der Waals surface area (Å²) in [6.45, 7) is 6.55. The maximum absolute atomic E-state index is 12.9. The van der Waals surface area contributed by atoms with E-state index in [9.17, 15) is 4.79 Å². The molecule has 0 aliphatic heterocycles. The van der Waals surface area contributed by atoms with Gasteiger partial charge in [0.15, 0.2) is 0 Å². The second-order valence-corrected chi connectivity index (χ2v) is 8.71. The highest BCUT2D eigenvalue weighted by atomic mass is 35.5. The van der Waals surface area contributed by atoms with Gasteiger partial charge in [0.2, 0.25) is 5.91 Å². The molecule has 26 heavy (non-hydrogen) atoms. The molecule has 0 radical (unpaired) electrons. The summed E-state index contributed by atoms with van der Waals surface area (Å²) in [6.07, 6.45) is 1.75. The van der Waals surface area contributed by atoms with E-state index in [1.807, 2.05) is 42.5 Å². The number of H-pyrrole nitrogens is 1. The average Bonchev–Trinajstić information content (AvgIpc) is 3.27. The smallest absolute Gasteiger partial charge is 0.235 e. The Labute approximate surface area is 158 Å². The third-order valence-corrected chi connectivity index (χ3v) is 5.52. The minimum atomic E-state index is -0.408. The van der Waals surface area contributed by atoms with E-state index in [2.05, 4.69) is 37.1 Å². The van der Waals surface area contributed by atoms with Gasteiger partial charge in [0.25, 0.3) is 0 Å². The van der Waals surface area contributed by atoms with Crippen LogP contribution in [0.1, 0.15) is 44.9 Å². The first-order valence-corrected chi connectivity index (χ1v) is 9.36. The quantitative estimate of drug-likeness (QED) is 0.605. The van der Waals surface area contributed by atoms with Crippen LogP contribution in [-0.4, -0.2) is 10.9 Å². The van der Waals surface area contributed by atoms with E-state index < -0.39 is 5.41 Å². The highest BCUT2D eigenvalue weighted by Gasteiger charge is 2.51. The monoisotopic (exact) mass is 366 g/mol. The molecular formula is C22H23ClN2O. The van der Waals surface area contributed by atoms with Gasteiger partial charge in [-0.1, -0.05) is 44.5 Å². The molecule has 1 aliphatic carbocycles. The summed E-state index contributed by atoms with van der Waals surface area (Å²) in [4.78, 5) is 16.4. The molecule has 2 aromatic carbocycles. The number of amides is 1. The standard InChI is InChI=1S/C22H23ClN2O/c1-21(2,3)19-13-14-12-17(8-9-18(14)25-19)24-20(26)22(10-11-22)15-4-6-16(23)7-5-15/h4-9,12-13,25H,10-11H2,1-3H3,(H,24,26). The first-order chi connectivity index (χ1) is 12.3. The minimum Gasteiger partial charge on any atom is -0.358 e. The number of aromatic amines is 1. The number of nitrogens with one attached hydrogen (secondary N) is 2. The Morgan fingerprint density at radius 3 is 2.38 bits per heavy atom. The molecule has 3 nitrogen and oxygen atoms in total. The van der Waals surface area contributed by atoms with Crippen LogP contribution < -0.4 is 5.32 Å². The number of hydrogen-bond acceptors (Lipinski definition) is 1. The summed E-state index contributed by atoms with van der Waals surface area (Å²) < 4.78 is 0. The Bertz CT molecular complexity index is 976. The van der Waals surface area contributed by atoms with Crippen LogP contribution in [0, 0.1) is 0 Å². The molecule has 0 spiro atoms. The normalized spacial score (nSPS) is 15.8. The molecule has 1 saturated carbocycles. The van der Waals surface area contributed by atoms with Crippen molar-refractivity contribution in [3.63, 3.8) is 0 Å². The first kappa shape index (κ1) is 17.2. The van der Waals surface area contributed by atoms with Crippen LogP contribution in [0.25, 0.3) is 10.9 Å². The molecule has 1 heterocycles. The molecule has 3 aromatic rings. The topological polar surface area (TPSA) is 44.9 Å². The number of benzene rings is 2. The van der Waals surface area contributed by atoms with Crippen molar-refractivity contribution in [2.45, 2.75) is 44.4 Å². The molecule has 1 fully saturated rings. The van der Waals surface area contributed by atoms with Crippen molar-refractivity contribution >= 4 is 34.1 Å². The third-order valence-electron chi connectivity index (χ3n) is 5.27. The number of carbonyl (C=O) groups excluding carboxylic acids is 1. The Balaban J connectivity index is 1.59. The van der Waals surface area contributed by atoms with Gasteiger partial charge in [-0.15, -0.1) is 0 Å². The van der Waals surface area contributed by atoms with E-state index in [0.717, 1.165) is 35.0 Å². The van der Waals surface area contributed by atoms with Gasteiger partial charge in [0, 0.05) is 32.7 Å². The van der Waals surface area contributed by atoms with Crippen molar-refractivity contribution in [2.75, 3.05) is 5.32 Å². The maximum Gasteiger partial charge on any atom is 0.235 e. The third kappa shape index (κ3) is 3.01. The zero-order valence-corrected chi connectivity index (χ0v) is 16.1. The predicted molar refractivity (Wildman–Crippen MR) is 108 cm³/mol. The first-order valence-electron chi connectivity index (χ1n) is 8.99.